The maximum absolute atomic E-state index is 12.4. The number of quaternary nitrogens is 2. The molecule has 0 fully saturated rings. The predicted octanol–water partition coefficient (Wildman–Crippen LogP) is 5.19. The number of thiazole rings is 1. The summed E-state index contributed by atoms with van der Waals surface area (Å²) in [6, 6.07) is 5.93. The normalized spacial score (nSPS) is 15.9. The monoisotopic (exact) mass is 512 g/mol. The van der Waals surface area contributed by atoms with Crippen molar-refractivity contribution in [3.8, 4) is 0 Å². The van der Waals surface area contributed by atoms with Crippen molar-refractivity contribution in [2.45, 2.75) is 39.0 Å². The number of amidine groups is 1. The van der Waals surface area contributed by atoms with E-state index in [1.165, 1.54) is 18.7 Å². The van der Waals surface area contributed by atoms with E-state index in [-0.39, 0.29) is 5.91 Å². The minimum Gasteiger partial charge on any atom is -0.337 e. The first-order chi connectivity index (χ1) is 16.8. The quantitative estimate of drug-likeness (QED) is 0.333. The van der Waals surface area contributed by atoms with Crippen LogP contribution in [0.5, 0.6) is 0 Å². The van der Waals surface area contributed by atoms with E-state index in [2.05, 4.69) is 78.6 Å². The van der Waals surface area contributed by atoms with Crippen LogP contribution in [0.15, 0.2) is 40.7 Å². The molecule has 7 nitrogen and oxygen atoms in total. The highest BCUT2D eigenvalue weighted by molar-refractivity contribution is 7.19. The molecule has 2 heterocycles. The molecule has 0 atom stereocenters. The third kappa shape index (κ3) is 8.84. The second kappa shape index (κ2) is 11.7. The molecule has 0 unspecified atom stereocenters. The molecule has 0 radical (unpaired) electrons. The minimum atomic E-state index is 0.0601. The summed E-state index contributed by atoms with van der Waals surface area (Å²) in [4.78, 5) is 24.3. The first-order valence-corrected chi connectivity index (χ1v) is 13.6. The van der Waals surface area contributed by atoms with Crippen LogP contribution in [0.2, 0.25) is 0 Å². The van der Waals surface area contributed by atoms with Gasteiger partial charge in [0.15, 0.2) is 0 Å². The van der Waals surface area contributed by atoms with E-state index in [1.807, 2.05) is 18.2 Å². The summed E-state index contributed by atoms with van der Waals surface area (Å²) in [5.41, 5.74) is 3.89. The fourth-order valence-corrected chi connectivity index (χ4v) is 5.04. The summed E-state index contributed by atoms with van der Waals surface area (Å²) in [5, 5.41) is 3.96. The Kier molecular flexibility index (Phi) is 9.08. The molecule has 1 amide bonds. The first-order valence-electron chi connectivity index (χ1n) is 12.8. The van der Waals surface area contributed by atoms with Crippen LogP contribution in [-0.2, 0) is 4.79 Å². The number of carbonyl (C=O) groups is 1. The third-order valence-electron chi connectivity index (χ3n) is 6.20. The van der Waals surface area contributed by atoms with E-state index in [0.29, 0.717) is 6.42 Å². The van der Waals surface area contributed by atoms with Crippen LogP contribution in [0, 0.1) is 0 Å². The van der Waals surface area contributed by atoms with E-state index >= 15 is 0 Å². The molecule has 36 heavy (non-hydrogen) atoms. The Balaban J connectivity index is 1.67. The number of hydrogen-bond donors (Lipinski definition) is 1. The number of benzene rings is 1. The average Bonchev–Trinajstić information content (AvgIpc) is 3.14. The molecule has 0 bridgehead atoms. The molecule has 196 valence electrons. The zero-order valence-electron chi connectivity index (χ0n) is 23.4. The molecule has 0 saturated carbocycles. The highest BCUT2D eigenvalue weighted by Gasteiger charge is 2.16. The lowest BCUT2D eigenvalue weighted by Crippen LogP contribution is -2.35. The van der Waals surface area contributed by atoms with Gasteiger partial charge in [0.05, 0.1) is 71.3 Å². The number of rotatable bonds is 11. The summed E-state index contributed by atoms with van der Waals surface area (Å²) in [5.74, 6) is 1.17. The smallest absolute Gasteiger partial charge is 0.224 e. The number of anilines is 1. The summed E-state index contributed by atoms with van der Waals surface area (Å²) in [6.45, 7) is 4.27. The SMILES string of the molecule is CC1=C/C(=C/c2nc3ccc(NC(=O)CCC[N+](C)(C)C)cc3s2)N=C(CCCC[N+](C)(C)C)N1C. The molecular formula is C28H44N6OS+2. The topological polar surface area (TPSA) is 57.6 Å². The maximum Gasteiger partial charge on any atom is 0.224 e. The van der Waals surface area contributed by atoms with Crippen LogP contribution < -0.4 is 5.32 Å². The Bertz CT molecular complexity index is 1160. The molecule has 8 heteroatoms. The van der Waals surface area contributed by atoms with Gasteiger partial charge in [-0.1, -0.05) is 0 Å². The molecule has 0 spiro atoms. The Morgan fingerprint density at radius 1 is 1.06 bits per heavy atom. The molecule has 1 aromatic heterocycles. The minimum absolute atomic E-state index is 0.0601. The van der Waals surface area contributed by atoms with Crippen molar-refractivity contribution in [3.05, 3.63) is 40.7 Å². The number of aliphatic imine (C=N–C) groups is 1. The van der Waals surface area contributed by atoms with Gasteiger partial charge in [0, 0.05) is 37.7 Å². The summed E-state index contributed by atoms with van der Waals surface area (Å²) >= 11 is 1.63. The van der Waals surface area contributed by atoms with Gasteiger partial charge in [-0.25, -0.2) is 9.98 Å². The molecule has 3 rings (SSSR count). The number of carbonyl (C=O) groups excluding carboxylic acids is 1. The van der Waals surface area contributed by atoms with E-state index in [0.717, 1.165) is 67.2 Å². The Hall–Kier alpha value is -2.55. The van der Waals surface area contributed by atoms with Gasteiger partial charge < -0.3 is 19.2 Å². The fourth-order valence-electron chi connectivity index (χ4n) is 4.08. The predicted molar refractivity (Wildman–Crippen MR) is 154 cm³/mol. The van der Waals surface area contributed by atoms with Crippen molar-refractivity contribution >= 4 is 45.1 Å². The summed E-state index contributed by atoms with van der Waals surface area (Å²) in [7, 11) is 15.2. The summed E-state index contributed by atoms with van der Waals surface area (Å²) < 4.78 is 2.92. The van der Waals surface area contributed by atoms with Gasteiger partial charge in [0.2, 0.25) is 5.91 Å². The van der Waals surface area contributed by atoms with Crippen molar-refractivity contribution in [1.82, 2.24) is 9.88 Å². The molecule has 2 aromatic rings. The largest absolute Gasteiger partial charge is 0.337 e. The van der Waals surface area contributed by atoms with Crippen molar-refractivity contribution in [2.75, 3.05) is 67.7 Å². The average molecular weight is 513 g/mol. The van der Waals surface area contributed by atoms with E-state index in [9.17, 15) is 4.79 Å². The van der Waals surface area contributed by atoms with Crippen molar-refractivity contribution < 1.29 is 13.8 Å². The van der Waals surface area contributed by atoms with Crippen molar-refractivity contribution in [1.29, 1.82) is 0 Å². The van der Waals surface area contributed by atoms with Crippen LogP contribution in [0.1, 0.15) is 44.0 Å². The highest BCUT2D eigenvalue weighted by Crippen LogP contribution is 2.28. The lowest BCUT2D eigenvalue weighted by Gasteiger charge is -2.27. The second-order valence-corrected chi connectivity index (χ2v) is 12.9. The number of nitrogens with one attached hydrogen (secondary N) is 1. The van der Waals surface area contributed by atoms with E-state index in [4.69, 9.17) is 9.98 Å². The Morgan fingerprint density at radius 3 is 2.44 bits per heavy atom. The number of amides is 1. The van der Waals surface area contributed by atoms with Gasteiger partial charge in [-0.2, -0.15) is 0 Å². The van der Waals surface area contributed by atoms with Crippen molar-refractivity contribution in [3.63, 3.8) is 0 Å². The molecule has 0 saturated heterocycles. The number of hydrogen-bond acceptors (Lipinski definition) is 5. The number of nitrogens with zero attached hydrogens (tertiary/aromatic N) is 5. The molecular weight excluding hydrogens is 468 g/mol. The van der Waals surface area contributed by atoms with Crippen LogP contribution in [0.3, 0.4) is 0 Å². The molecule has 1 aromatic carbocycles. The maximum atomic E-state index is 12.4. The zero-order chi connectivity index (χ0) is 26.5. The van der Waals surface area contributed by atoms with Gasteiger partial charge in [-0.05, 0) is 50.1 Å². The lowest BCUT2D eigenvalue weighted by atomic mass is 10.1. The lowest BCUT2D eigenvalue weighted by molar-refractivity contribution is -0.870. The number of allylic oxidation sites excluding steroid dienone is 2. The zero-order valence-corrected chi connectivity index (χ0v) is 24.2. The molecule has 0 aliphatic carbocycles. The molecule has 1 aliphatic heterocycles. The van der Waals surface area contributed by atoms with Crippen LogP contribution in [-0.4, -0.2) is 93.0 Å². The standard InChI is InChI=1S/C28H43N6OS/c1-21-18-23(29-26(32(21)2)12-9-10-16-33(3,4)5)20-28-31-24-15-14-22(19-25(24)36-28)30-27(35)13-11-17-34(6,7)8/h14-15,18-20H,9-13,16-17H2,1-8H3/q+1/p+1/b23-20-. The van der Waals surface area contributed by atoms with Gasteiger partial charge in [-0.3, -0.25) is 4.79 Å². The van der Waals surface area contributed by atoms with Crippen LogP contribution in [0.25, 0.3) is 16.3 Å². The van der Waals surface area contributed by atoms with Gasteiger partial charge in [-0.15, -0.1) is 11.3 Å². The fraction of sp³-hybridized carbons (Fsp3) is 0.536. The van der Waals surface area contributed by atoms with Crippen molar-refractivity contribution in [2.24, 2.45) is 4.99 Å². The number of aromatic nitrogens is 1. The van der Waals surface area contributed by atoms with Crippen LogP contribution >= 0.6 is 11.3 Å². The third-order valence-corrected chi connectivity index (χ3v) is 7.17. The Morgan fingerprint density at radius 2 is 1.75 bits per heavy atom. The molecule has 1 aliphatic rings. The number of unbranched alkanes of at least 4 members (excludes halogenated alkanes) is 1. The highest BCUT2D eigenvalue weighted by atomic mass is 32.1. The molecule has 1 N–H and O–H groups in total. The van der Waals surface area contributed by atoms with Gasteiger partial charge in [0.25, 0.3) is 0 Å². The van der Waals surface area contributed by atoms with Gasteiger partial charge in [0.1, 0.15) is 10.8 Å². The Labute approximate surface area is 221 Å². The number of fused-ring (bicyclic) bond motifs is 1. The van der Waals surface area contributed by atoms with E-state index < -0.39 is 0 Å². The van der Waals surface area contributed by atoms with E-state index in [1.54, 1.807) is 11.3 Å². The summed E-state index contributed by atoms with van der Waals surface area (Å²) in [6.07, 6.45) is 8.87. The first kappa shape index (κ1) is 28.0. The van der Waals surface area contributed by atoms with Crippen LogP contribution in [0.4, 0.5) is 5.69 Å². The second-order valence-electron chi connectivity index (χ2n) is 11.8. The van der Waals surface area contributed by atoms with Gasteiger partial charge >= 0.3 is 0 Å².